The molecule has 0 aromatic heterocycles. The fraction of sp³-hybridized carbons (Fsp3) is 0.118. The molecule has 4 aromatic rings. The van der Waals surface area contributed by atoms with Gasteiger partial charge in [0.15, 0.2) is 0 Å². The van der Waals surface area contributed by atoms with Crippen LogP contribution in [0, 0.1) is 66.8 Å². The molecular weight excluding hydrogens is 424 g/mol. The number of benzene rings is 4. The van der Waals surface area contributed by atoms with Crippen molar-refractivity contribution in [3.8, 4) is 76.8 Å². The predicted octanol–water partition coefficient (Wildman–Crippen LogP) is 6.59. The van der Waals surface area contributed by atoms with Crippen molar-refractivity contribution in [3.63, 3.8) is 0 Å². The highest BCUT2D eigenvalue weighted by Crippen LogP contribution is 2.51. The van der Waals surface area contributed by atoms with Gasteiger partial charge in [-0.1, -0.05) is 43.7 Å². The lowest BCUT2D eigenvalue weighted by molar-refractivity contribution is 0.521. The Morgan fingerprint density at radius 2 is 1.20 bits per heavy atom. The second-order valence-electron chi connectivity index (χ2n) is 9.00. The summed E-state index contributed by atoms with van der Waals surface area (Å²) in [6.45, 7) is 6.75. The average Bonchev–Trinajstić information content (AvgIpc) is 3.05. The van der Waals surface area contributed by atoms with E-state index >= 15 is 0 Å². The van der Waals surface area contributed by atoms with Crippen LogP contribution in [0.4, 0.5) is 0 Å². The highest BCUT2D eigenvalue weighted by Gasteiger charge is 2.35. The molecule has 162 valence electrons. The first-order valence-electron chi connectivity index (χ1n) is 11.2. The van der Waals surface area contributed by atoms with Crippen LogP contribution in [0.3, 0.4) is 0 Å². The van der Waals surface area contributed by atoms with Crippen LogP contribution in [0.25, 0.3) is 32.7 Å². The lowest BCUT2D eigenvalue weighted by atomic mass is 9.81. The molecule has 35 heavy (non-hydrogen) atoms. The molecule has 0 saturated carbocycles. The molecule has 0 N–H and O–H groups in total. The first-order chi connectivity index (χ1) is 17.0. The minimum Gasteiger partial charge on any atom is -0.407 e. The molecule has 0 heterocycles. The quantitative estimate of drug-likeness (QED) is 0.301. The van der Waals surface area contributed by atoms with Crippen molar-refractivity contribution >= 4 is 21.5 Å². The van der Waals surface area contributed by atoms with Gasteiger partial charge in [0.25, 0.3) is 0 Å². The van der Waals surface area contributed by atoms with Crippen molar-refractivity contribution in [2.24, 2.45) is 0 Å². The zero-order chi connectivity index (χ0) is 24.4. The Morgan fingerprint density at radius 1 is 0.629 bits per heavy atom. The van der Waals surface area contributed by atoms with E-state index in [1.807, 2.05) is 12.1 Å². The Labute approximate surface area is 206 Å². The van der Waals surface area contributed by atoms with E-state index in [0.29, 0.717) is 5.75 Å². The number of hydrogen-bond acceptors (Lipinski definition) is 1. The minimum absolute atomic E-state index is 0.0629. The van der Waals surface area contributed by atoms with Crippen LogP contribution in [-0.4, -0.2) is 0 Å². The first-order valence-corrected chi connectivity index (χ1v) is 11.2. The number of ether oxygens (including phenoxy) is 1. The van der Waals surface area contributed by atoms with Gasteiger partial charge in [0.1, 0.15) is 11.9 Å². The summed E-state index contributed by atoms with van der Waals surface area (Å²) in [6, 6.07) is 21.9. The SMILES string of the molecule is C#CC#CC#CC#CC#COc1ccc2cc3c(cc2c1)-c1cc2cc(C)ccc2cc1C3(C)C. The molecule has 1 heteroatoms. The summed E-state index contributed by atoms with van der Waals surface area (Å²) in [6.07, 6.45) is 7.63. The summed E-state index contributed by atoms with van der Waals surface area (Å²) in [5, 5.41) is 4.84. The second-order valence-corrected chi connectivity index (χ2v) is 9.00. The van der Waals surface area contributed by atoms with Gasteiger partial charge in [0, 0.05) is 29.1 Å². The summed E-state index contributed by atoms with van der Waals surface area (Å²) < 4.78 is 5.59. The fourth-order valence-electron chi connectivity index (χ4n) is 4.68. The normalized spacial score (nSPS) is 11.7. The van der Waals surface area contributed by atoms with Gasteiger partial charge in [-0.25, -0.2) is 0 Å². The van der Waals surface area contributed by atoms with Gasteiger partial charge in [0.2, 0.25) is 0 Å². The van der Waals surface area contributed by atoms with Crippen molar-refractivity contribution in [1.29, 1.82) is 0 Å². The van der Waals surface area contributed by atoms with Gasteiger partial charge < -0.3 is 4.74 Å². The maximum Gasteiger partial charge on any atom is 0.140 e. The van der Waals surface area contributed by atoms with E-state index in [9.17, 15) is 0 Å². The van der Waals surface area contributed by atoms with Crippen LogP contribution in [0.2, 0.25) is 0 Å². The van der Waals surface area contributed by atoms with E-state index in [-0.39, 0.29) is 5.41 Å². The maximum atomic E-state index is 5.59. The molecule has 0 spiro atoms. The summed E-state index contributed by atoms with van der Waals surface area (Å²) in [4.78, 5) is 0. The molecule has 1 aliphatic rings. The minimum atomic E-state index is -0.0629. The highest BCUT2D eigenvalue weighted by atomic mass is 16.5. The molecule has 4 aromatic carbocycles. The molecule has 0 saturated heterocycles. The molecule has 5 rings (SSSR count). The summed E-state index contributed by atoms with van der Waals surface area (Å²) in [7, 11) is 0. The Bertz CT molecular complexity index is 1830. The largest absolute Gasteiger partial charge is 0.407 e. The zero-order valence-electron chi connectivity index (χ0n) is 19.8. The van der Waals surface area contributed by atoms with Crippen LogP contribution in [0.5, 0.6) is 5.75 Å². The van der Waals surface area contributed by atoms with Gasteiger partial charge in [0.05, 0.1) is 0 Å². The van der Waals surface area contributed by atoms with Crippen LogP contribution < -0.4 is 4.74 Å². The third-order valence-corrected chi connectivity index (χ3v) is 6.38. The van der Waals surface area contributed by atoms with E-state index in [1.54, 1.807) is 0 Å². The summed E-state index contributed by atoms with van der Waals surface area (Å²) in [5.74, 6) is 20.6. The predicted molar refractivity (Wildman–Crippen MR) is 144 cm³/mol. The standard InChI is InChI=1S/C34H20O/c1-5-6-7-8-9-10-11-12-17-35-29-16-15-26-23-33-31(21-28(26)19-29)30-20-27-18-24(2)13-14-25(27)22-32(30)34(33,3)4/h1,13-16,18-23H,2-4H3. The van der Waals surface area contributed by atoms with E-state index in [1.165, 1.54) is 44.0 Å². The Morgan fingerprint density at radius 3 is 1.86 bits per heavy atom. The fourth-order valence-corrected chi connectivity index (χ4v) is 4.68. The van der Waals surface area contributed by atoms with Crippen molar-refractivity contribution in [1.82, 2.24) is 0 Å². The topological polar surface area (TPSA) is 9.23 Å². The van der Waals surface area contributed by atoms with Crippen LogP contribution in [-0.2, 0) is 5.41 Å². The molecule has 0 atom stereocenters. The van der Waals surface area contributed by atoms with E-state index in [0.717, 1.165) is 5.39 Å². The Balaban J connectivity index is 1.50. The van der Waals surface area contributed by atoms with Crippen molar-refractivity contribution in [2.45, 2.75) is 26.2 Å². The number of terminal acetylenes is 1. The summed E-state index contributed by atoms with van der Waals surface area (Å²) >= 11 is 0. The molecule has 0 unspecified atom stereocenters. The summed E-state index contributed by atoms with van der Waals surface area (Å²) in [5.41, 5.74) is 6.51. The van der Waals surface area contributed by atoms with Crippen LogP contribution in [0.15, 0.2) is 60.7 Å². The van der Waals surface area contributed by atoms with Gasteiger partial charge in [-0.15, -0.1) is 6.42 Å². The van der Waals surface area contributed by atoms with E-state index < -0.39 is 0 Å². The third-order valence-electron chi connectivity index (χ3n) is 6.38. The lowest BCUT2D eigenvalue weighted by Crippen LogP contribution is -2.14. The third kappa shape index (κ3) is 4.08. The van der Waals surface area contributed by atoms with E-state index in [2.05, 4.69) is 123 Å². The number of aryl methyl sites for hydroxylation is 1. The van der Waals surface area contributed by atoms with E-state index in [4.69, 9.17) is 11.2 Å². The lowest BCUT2D eigenvalue weighted by Gasteiger charge is -2.22. The van der Waals surface area contributed by atoms with Gasteiger partial charge in [-0.3, -0.25) is 0 Å². The maximum absolute atomic E-state index is 5.59. The molecule has 1 nitrogen and oxygen atoms in total. The molecule has 1 aliphatic carbocycles. The Kier molecular flexibility index (Phi) is 5.45. The molecule has 0 aliphatic heterocycles. The average molecular weight is 445 g/mol. The molecule has 0 radical (unpaired) electrons. The molecule has 0 bridgehead atoms. The highest BCUT2D eigenvalue weighted by molar-refractivity contribution is 5.98. The number of rotatable bonds is 1. The number of fused-ring (bicyclic) bond motifs is 5. The zero-order valence-corrected chi connectivity index (χ0v) is 19.8. The second kappa shape index (κ2) is 8.74. The van der Waals surface area contributed by atoms with Gasteiger partial charge in [-0.2, -0.15) is 0 Å². The van der Waals surface area contributed by atoms with Crippen LogP contribution >= 0.6 is 0 Å². The van der Waals surface area contributed by atoms with Crippen molar-refractivity contribution in [3.05, 3.63) is 77.4 Å². The Hall–Kier alpha value is -5.00. The molecular formula is C34H20O. The van der Waals surface area contributed by atoms with Crippen LogP contribution in [0.1, 0.15) is 30.5 Å². The van der Waals surface area contributed by atoms with Gasteiger partial charge in [-0.05, 0) is 111 Å². The van der Waals surface area contributed by atoms with Crippen molar-refractivity contribution in [2.75, 3.05) is 0 Å². The number of hydrogen-bond donors (Lipinski definition) is 0. The first kappa shape index (κ1) is 21.8. The van der Waals surface area contributed by atoms with Crippen molar-refractivity contribution < 1.29 is 4.74 Å². The smallest absolute Gasteiger partial charge is 0.140 e. The van der Waals surface area contributed by atoms with Gasteiger partial charge >= 0.3 is 0 Å². The molecule has 0 amide bonds. The molecule has 0 fully saturated rings. The monoisotopic (exact) mass is 444 g/mol.